The summed E-state index contributed by atoms with van der Waals surface area (Å²) in [7, 11) is 0. The fourth-order valence-corrected chi connectivity index (χ4v) is 1.99. The van der Waals surface area contributed by atoms with Crippen LogP contribution >= 0.6 is 0 Å². The number of nitrogens with zero attached hydrogens (tertiary/aromatic N) is 1. The maximum Gasteiger partial charge on any atom is 0.189 e. The third-order valence-corrected chi connectivity index (χ3v) is 2.89. The smallest absolute Gasteiger partial charge is 0.189 e. The van der Waals surface area contributed by atoms with Gasteiger partial charge in [-0.15, -0.1) is 6.58 Å². The van der Waals surface area contributed by atoms with E-state index >= 15 is 0 Å². The highest BCUT2D eigenvalue weighted by atomic mass is 16.1. The van der Waals surface area contributed by atoms with Crippen molar-refractivity contribution < 1.29 is 4.79 Å². The van der Waals surface area contributed by atoms with Crippen LogP contribution in [0.1, 0.15) is 56.5 Å². The lowest BCUT2D eigenvalue weighted by Crippen LogP contribution is -1.96. The molecule has 2 heteroatoms. The van der Waals surface area contributed by atoms with Crippen molar-refractivity contribution in [1.82, 2.24) is 0 Å². The molecule has 0 unspecified atom stereocenters. The van der Waals surface area contributed by atoms with Crippen LogP contribution in [0, 0.1) is 11.3 Å². The van der Waals surface area contributed by atoms with Crippen LogP contribution in [0.3, 0.4) is 0 Å². The number of fused-ring (bicyclic) bond motifs is 1. The number of carbonyl (C=O) groups is 1. The molecule has 0 saturated carbocycles. The third-order valence-electron chi connectivity index (χ3n) is 2.89. The Morgan fingerprint density at radius 3 is 2.15 bits per heavy atom. The first-order valence-corrected chi connectivity index (χ1v) is 6.99. The molecule has 0 N–H and O–H groups in total. The average molecular weight is 269 g/mol. The highest BCUT2D eigenvalue weighted by Gasteiger charge is 2.24. The zero-order valence-electron chi connectivity index (χ0n) is 12.9. The Morgan fingerprint density at radius 2 is 1.80 bits per heavy atom. The van der Waals surface area contributed by atoms with Crippen molar-refractivity contribution in [3.8, 4) is 6.07 Å². The third kappa shape index (κ3) is 4.20. The average Bonchev–Trinajstić information content (AvgIpc) is 2.75. The Kier molecular flexibility index (Phi) is 8.70. The molecule has 0 amide bonds. The number of Topliss-reactive ketones (excluding diaryl/α,β-unsaturated/α-hetero) is 1. The van der Waals surface area contributed by atoms with Gasteiger partial charge < -0.3 is 0 Å². The summed E-state index contributed by atoms with van der Waals surface area (Å²) in [5.74, 6) is 0.218. The quantitative estimate of drug-likeness (QED) is 0.694. The standard InChI is InChI=1S/C12H12O.C4H5N.C2H6/c1-3-9-8(2)10-6-4-5-7-11(10)12(9)13;1-2-3-4-5;1-2/h4-7H,3H2,1-2H3;2H,1,3H2;1-2H3. The normalized spacial score (nSPS) is 11.4. The monoisotopic (exact) mass is 269 g/mol. The van der Waals surface area contributed by atoms with Gasteiger partial charge in [0.15, 0.2) is 5.78 Å². The molecule has 0 spiro atoms. The molecule has 0 aliphatic heterocycles. The predicted octanol–water partition coefficient (Wildman–Crippen LogP) is 5.18. The number of ketones is 1. The first-order valence-electron chi connectivity index (χ1n) is 6.99. The number of hydrogen-bond donors (Lipinski definition) is 0. The molecule has 2 rings (SSSR count). The van der Waals surface area contributed by atoms with Gasteiger partial charge in [-0.25, -0.2) is 0 Å². The van der Waals surface area contributed by atoms with Crippen LogP contribution in [0.25, 0.3) is 5.57 Å². The van der Waals surface area contributed by atoms with Crippen LogP contribution in [0.2, 0.25) is 0 Å². The summed E-state index contributed by atoms with van der Waals surface area (Å²) in [6, 6.07) is 9.72. The number of benzene rings is 1. The van der Waals surface area contributed by atoms with Crippen molar-refractivity contribution in [3.63, 3.8) is 0 Å². The number of allylic oxidation sites excluding steroid dienone is 3. The van der Waals surface area contributed by atoms with Crippen LogP contribution in [0.15, 0.2) is 42.5 Å². The molecule has 1 aromatic carbocycles. The molecular weight excluding hydrogens is 246 g/mol. The molecule has 2 nitrogen and oxygen atoms in total. The fourth-order valence-electron chi connectivity index (χ4n) is 1.99. The van der Waals surface area contributed by atoms with Gasteiger partial charge in [0.25, 0.3) is 0 Å². The maximum absolute atomic E-state index is 11.8. The molecular formula is C18H23NO. The van der Waals surface area contributed by atoms with E-state index in [4.69, 9.17) is 5.26 Å². The molecule has 0 aromatic heterocycles. The van der Waals surface area contributed by atoms with Crippen LogP contribution in [-0.4, -0.2) is 5.78 Å². The first kappa shape index (κ1) is 17.9. The Hall–Kier alpha value is -2.14. The summed E-state index contributed by atoms with van der Waals surface area (Å²) in [6.45, 7) is 11.4. The molecule has 106 valence electrons. The molecule has 1 aliphatic carbocycles. The molecule has 1 aliphatic rings. The lowest BCUT2D eigenvalue weighted by molar-refractivity contribution is 0.103. The highest BCUT2D eigenvalue weighted by Crippen LogP contribution is 2.33. The zero-order valence-corrected chi connectivity index (χ0v) is 12.9. The van der Waals surface area contributed by atoms with Crippen molar-refractivity contribution in [2.24, 2.45) is 0 Å². The molecule has 20 heavy (non-hydrogen) atoms. The Labute approximate surface area is 122 Å². The Morgan fingerprint density at radius 1 is 1.25 bits per heavy atom. The number of carbonyl (C=O) groups excluding carboxylic acids is 1. The largest absolute Gasteiger partial charge is 0.289 e. The molecule has 0 atom stereocenters. The number of rotatable bonds is 2. The van der Waals surface area contributed by atoms with Crippen molar-refractivity contribution in [2.75, 3.05) is 0 Å². The molecule has 0 fully saturated rings. The van der Waals surface area contributed by atoms with Gasteiger partial charge in [-0.3, -0.25) is 4.79 Å². The van der Waals surface area contributed by atoms with Crippen LogP contribution in [0.4, 0.5) is 0 Å². The number of nitriles is 1. The Bertz CT molecular complexity index is 533. The number of hydrogen-bond acceptors (Lipinski definition) is 2. The van der Waals surface area contributed by atoms with Gasteiger partial charge in [-0.2, -0.15) is 5.26 Å². The molecule has 0 radical (unpaired) electrons. The van der Waals surface area contributed by atoms with Gasteiger partial charge >= 0.3 is 0 Å². The van der Waals surface area contributed by atoms with E-state index in [0.29, 0.717) is 6.42 Å². The summed E-state index contributed by atoms with van der Waals surface area (Å²) >= 11 is 0. The van der Waals surface area contributed by atoms with E-state index in [0.717, 1.165) is 28.7 Å². The summed E-state index contributed by atoms with van der Waals surface area (Å²) in [5, 5.41) is 7.74. The maximum atomic E-state index is 11.8. The van der Waals surface area contributed by atoms with Gasteiger partial charge in [0, 0.05) is 11.1 Å². The summed E-state index contributed by atoms with van der Waals surface area (Å²) in [4.78, 5) is 11.8. The van der Waals surface area contributed by atoms with Gasteiger partial charge in [0.05, 0.1) is 12.5 Å². The van der Waals surface area contributed by atoms with E-state index in [1.54, 1.807) is 6.08 Å². The predicted molar refractivity (Wildman–Crippen MR) is 85.4 cm³/mol. The van der Waals surface area contributed by atoms with Crippen LogP contribution in [-0.2, 0) is 0 Å². The van der Waals surface area contributed by atoms with Crippen molar-refractivity contribution >= 4 is 11.4 Å². The van der Waals surface area contributed by atoms with Crippen molar-refractivity contribution in [2.45, 2.75) is 40.5 Å². The van der Waals surface area contributed by atoms with E-state index in [-0.39, 0.29) is 5.78 Å². The van der Waals surface area contributed by atoms with E-state index < -0.39 is 0 Å². The minimum Gasteiger partial charge on any atom is -0.289 e. The van der Waals surface area contributed by atoms with E-state index in [1.165, 1.54) is 0 Å². The molecule has 0 heterocycles. The van der Waals surface area contributed by atoms with Crippen LogP contribution < -0.4 is 0 Å². The van der Waals surface area contributed by atoms with E-state index in [1.807, 2.05) is 58.0 Å². The second kappa shape index (κ2) is 9.75. The van der Waals surface area contributed by atoms with Crippen LogP contribution in [0.5, 0.6) is 0 Å². The highest BCUT2D eigenvalue weighted by molar-refractivity contribution is 6.20. The summed E-state index contributed by atoms with van der Waals surface area (Å²) in [5.41, 5.74) is 4.12. The molecule has 1 aromatic rings. The minimum atomic E-state index is 0.218. The molecule has 0 saturated heterocycles. The summed E-state index contributed by atoms with van der Waals surface area (Å²) < 4.78 is 0. The lowest BCUT2D eigenvalue weighted by Gasteiger charge is -1.96. The second-order valence-electron chi connectivity index (χ2n) is 3.98. The topological polar surface area (TPSA) is 40.9 Å². The van der Waals surface area contributed by atoms with Gasteiger partial charge in [0.2, 0.25) is 0 Å². The van der Waals surface area contributed by atoms with E-state index in [9.17, 15) is 4.79 Å². The molecule has 0 bridgehead atoms. The SMILES string of the molecule is C=CCC#N.CC.CCC1=C(C)c2ccccc2C1=O. The first-order chi connectivity index (χ1) is 9.67. The van der Waals surface area contributed by atoms with Gasteiger partial charge in [-0.1, -0.05) is 51.1 Å². The summed E-state index contributed by atoms with van der Waals surface area (Å²) in [6.07, 6.45) is 2.86. The van der Waals surface area contributed by atoms with Crippen molar-refractivity contribution in [3.05, 3.63) is 53.6 Å². The fraction of sp³-hybridized carbons (Fsp3) is 0.333. The Balaban J connectivity index is 0.000000441. The van der Waals surface area contributed by atoms with E-state index in [2.05, 4.69) is 6.58 Å². The minimum absolute atomic E-state index is 0.218. The zero-order chi connectivity index (χ0) is 15.5. The lowest BCUT2D eigenvalue weighted by atomic mass is 10.1. The van der Waals surface area contributed by atoms with Gasteiger partial charge in [-0.05, 0) is 24.5 Å². The van der Waals surface area contributed by atoms with Crippen molar-refractivity contribution in [1.29, 1.82) is 5.26 Å². The second-order valence-corrected chi connectivity index (χ2v) is 3.98. The van der Waals surface area contributed by atoms with Gasteiger partial charge in [0.1, 0.15) is 0 Å².